The largest absolute Gasteiger partial charge is 0.494 e. The molecule has 2 aromatic rings. The van der Waals surface area contributed by atoms with E-state index in [-0.39, 0.29) is 31.5 Å². The molecule has 0 bridgehead atoms. The molecule has 2 aliphatic heterocycles. The lowest BCUT2D eigenvalue weighted by atomic mass is 9.82. The van der Waals surface area contributed by atoms with Crippen LogP contribution >= 0.6 is 0 Å². The van der Waals surface area contributed by atoms with Crippen molar-refractivity contribution in [1.29, 1.82) is 0 Å². The molecular formula is C32H44FN3O7. The summed E-state index contributed by atoms with van der Waals surface area (Å²) in [5.74, 6) is -1.75. The average Bonchev–Trinajstić information content (AvgIpc) is 3.61. The van der Waals surface area contributed by atoms with Crippen molar-refractivity contribution in [3.8, 4) is 23.0 Å². The van der Waals surface area contributed by atoms with Gasteiger partial charge in [0.05, 0.1) is 26.7 Å². The number of hydrogen-bond donors (Lipinski definition) is 1. The molecule has 0 radical (unpaired) electrons. The molecule has 2 aliphatic rings. The maximum atomic E-state index is 15.0. The molecule has 3 atom stereocenters. The summed E-state index contributed by atoms with van der Waals surface area (Å²) in [6.07, 6.45) is 3.67. The van der Waals surface area contributed by atoms with Crippen LogP contribution < -0.4 is 18.9 Å². The third-order valence-corrected chi connectivity index (χ3v) is 8.27. The summed E-state index contributed by atoms with van der Waals surface area (Å²) in [4.78, 5) is 32.7. The Morgan fingerprint density at radius 1 is 1.00 bits per heavy atom. The van der Waals surface area contributed by atoms with Gasteiger partial charge in [0.15, 0.2) is 23.1 Å². The summed E-state index contributed by atoms with van der Waals surface area (Å²) < 4.78 is 36.8. The molecule has 10 nitrogen and oxygen atoms in total. The molecule has 4 rings (SSSR count). The number of halogens is 1. The van der Waals surface area contributed by atoms with Gasteiger partial charge in [-0.1, -0.05) is 19.4 Å². The summed E-state index contributed by atoms with van der Waals surface area (Å²) in [5.41, 5.74) is 1.16. The molecule has 0 aromatic heterocycles. The molecule has 1 saturated heterocycles. The summed E-state index contributed by atoms with van der Waals surface area (Å²) in [5, 5.41) is 10.6. The maximum absolute atomic E-state index is 15.0. The van der Waals surface area contributed by atoms with Crippen molar-refractivity contribution in [2.45, 2.75) is 44.6 Å². The number of rotatable bonds is 15. The van der Waals surface area contributed by atoms with E-state index in [0.29, 0.717) is 41.5 Å². The van der Waals surface area contributed by atoms with Crippen LogP contribution in [-0.2, 0) is 9.59 Å². The van der Waals surface area contributed by atoms with Crippen LogP contribution in [0.3, 0.4) is 0 Å². The van der Waals surface area contributed by atoms with Gasteiger partial charge in [0, 0.05) is 31.6 Å². The fourth-order valence-electron chi connectivity index (χ4n) is 6.07. The number of carboxylic acid groups (broad SMARTS) is 1. The molecule has 1 amide bonds. The van der Waals surface area contributed by atoms with Crippen LogP contribution in [0.4, 0.5) is 4.39 Å². The van der Waals surface area contributed by atoms with Gasteiger partial charge in [-0.25, -0.2) is 4.39 Å². The van der Waals surface area contributed by atoms with E-state index < -0.39 is 29.7 Å². The van der Waals surface area contributed by atoms with Crippen LogP contribution in [0.25, 0.3) is 0 Å². The van der Waals surface area contributed by atoms with Crippen molar-refractivity contribution in [2.24, 2.45) is 5.92 Å². The molecule has 1 N–H and O–H groups in total. The van der Waals surface area contributed by atoms with Crippen molar-refractivity contribution < 1.29 is 38.0 Å². The highest BCUT2D eigenvalue weighted by Crippen LogP contribution is 2.50. The number of fused-ring (bicyclic) bond motifs is 1. The topological polar surface area (TPSA) is 101 Å². The Morgan fingerprint density at radius 3 is 2.37 bits per heavy atom. The number of carbonyl (C=O) groups is 2. The SMILES string of the molecule is CCCCN(CCCCN(C)C)C(=O)CN1C[C@H](c2cc(OC)c3c(c2)OCO3)[C@@H](C(=O)O)[C@@H]1c1ccc(OC)c(F)c1. The van der Waals surface area contributed by atoms with E-state index in [2.05, 4.69) is 11.8 Å². The number of benzene rings is 2. The van der Waals surface area contributed by atoms with Gasteiger partial charge < -0.3 is 33.9 Å². The summed E-state index contributed by atoms with van der Waals surface area (Å²) >= 11 is 0. The van der Waals surface area contributed by atoms with Crippen LogP contribution in [0.2, 0.25) is 0 Å². The normalized spacial score (nSPS) is 19.6. The number of methoxy groups -OCH3 is 2. The number of carboxylic acids is 1. The molecule has 0 saturated carbocycles. The highest BCUT2D eigenvalue weighted by atomic mass is 19.1. The number of ether oxygens (including phenoxy) is 4. The predicted molar refractivity (Wildman–Crippen MR) is 160 cm³/mol. The minimum Gasteiger partial charge on any atom is -0.494 e. The first-order valence-electron chi connectivity index (χ1n) is 14.9. The highest BCUT2D eigenvalue weighted by Gasteiger charge is 2.48. The number of nitrogens with zero attached hydrogens (tertiary/aromatic N) is 3. The lowest BCUT2D eigenvalue weighted by Gasteiger charge is -2.30. The zero-order chi connectivity index (χ0) is 31.1. The first-order valence-corrected chi connectivity index (χ1v) is 14.9. The summed E-state index contributed by atoms with van der Waals surface area (Å²) in [7, 11) is 6.95. The van der Waals surface area contributed by atoms with Gasteiger partial charge in [0.1, 0.15) is 0 Å². The van der Waals surface area contributed by atoms with Crippen LogP contribution in [0.5, 0.6) is 23.0 Å². The van der Waals surface area contributed by atoms with Crippen molar-refractivity contribution in [3.05, 3.63) is 47.3 Å². The van der Waals surface area contributed by atoms with Gasteiger partial charge in [0.25, 0.3) is 0 Å². The number of carbonyl (C=O) groups excluding carboxylic acids is 1. The lowest BCUT2D eigenvalue weighted by Crippen LogP contribution is -2.42. The smallest absolute Gasteiger partial charge is 0.309 e. The molecule has 0 aliphatic carbocycles. The van der Waals surface area contributed by atoms with Gasteiger partial charge in [-0.2, -0.15) is 0 Å². The number of unbranched alkanes of at least 4 members (excludes halogenated alkanes) is 2. The molecule has 236 valence electrons. The van der Waals surface area contributed by atoms with Crippen LogP contribution in [0, 0.1) is 11.7 Å². The van der Waals surface area contributed by atoms with Crippen LogP contribution in [0.15, 0.2) is 30.3 Å². The Kier molecular flexibility index (Phi) is 11.1. The van der Waals surface area contributed by atoms with E-state index in [9.17, 15) is 19.1 Å². The lowest BCUT2D eigenvalue weighted by molar-refractivity contribution is -0.144. The Balaban J connectivity index is 1.69. The Morgan fingerprint density at radius 2 is 1.72 bits per heavy atom. The molecular weight excluding hydrogens is 557 g/mol. The zero-order valence-corrected chi connectivity index (χ0v) is 25.8. The predicted octanol–water partition coefficient (Wildman–Crippen LogP) is 4.38. The second-order valence-electron chi connectivity index (χ2n) is 11.4. The molecule has 43 heavy (non-hydrogen) atoms. The molecule has 2 heterocycles. The molecule has 0 spiro atoms. The number of hydrogen-bond acceptors (Lipinski definition) is 8. The fraction of sp³-hybridized carbons (Fsp3) is 0.562. The first kappa shape index (κ1) is 32.3. The van der Waals surface area contributed by atoms with E-state index in [1.165, 1.54) is 26.4 Å². The minimum atomic E-state index is -1.04. The van der Waals surface area contributed by atoms with Gasteiger partial charge in [-0.05, 0) is 75.3 Å². The molecule has 11 heteroatoms. The van der Waals surface area contributed by atoms with E-state index in [1.807, 2.05) is 23.9 Å². The third-order valence-electron chi connectivity index (χ3n) is 8.27. The number of aliphatic carboxylic acids is 1. The maximum Gasteiger partial charge on any atom is 0.309 e. The zero-order valence-electron chi connectivity index (χ0n) is 25.8. The quantitative estimate of drug-likeness (QED) is 0.298. The average molecular weight is 602 g/mol. The standard InChI is InChI=1S/C32H44FN3O7/c1-6-7-13-35(14-9-8-12-34(2)3)28(37)19-36-18-23(22-16-26(41-5)31-27(17-22)42-20-43-31)29(32(38)39)30(36)21-10-11-25(40-4)24(33)15-21/h10-11,15-17,23,29-30H,6-9,12-14,18-20H2,1-5H3,(H,38,39)/t23-,29-,30+/m1/s1. The van der Waals surface area contributed by atoms with Gasteiger partial charge in [-0.3, -0.25) is 14.5 Å². The van der Waals surface area contributed by atoms with Gasteiger partial charge in [-0.15, -0.1) is 0 Å². The fourth-order valence-corrected chi connectivity index (χ4v) is 6.07. The van der Waals surface area contributed by atoms with Crippen LogP contribution in [-0.4, -0.2) is 99.5 Å². The summed E-state index contributed by atoms with van der Waals surface area (Å²) in [6, 6.07) is 7.28. The second-order valence-corrected chi connectivity index (χ2v) is 11.4. The monoisotopic (exact) mass is 601 g/mol. The van der Waals surface area contributed by atoms with Crippen molar-refractivity contribution in [3.63, 3.8) is 0 Å². The Bertz CT molecular complexity index is 1270. The van der Waals surface area contributed by atoms with Crippen molar-refractivity contribution in [2.75, 3.05) is 67.8 Å². The van der Waals surface area contributed by atoms with Crippen LogP contribution in [0.1, 0.15) is 55.7 Å². The van der Waals surface area contributed by atoms with E-state index in [0.717, 1.165) is 32.2 Å². The minimum absolute atomic E-state index is 0.0116. The molecule has 1 fully saturated rings. The number of likely N-dealkylation sites (tertiary alicyclic amines) is 1. The van der Waals surface area contributed by atoms with Gasteiger partial charge >= 0.3 is 5.97 Å². The van der Waals surface area contributed by atoms with E-state index in [4.69, 9.17) is 18.9 Å². The third kappa shape index (κ3) is 7.51. The van der Waals surface area contributed by atoms with E-state index in [1.54, 1.807) is 18.2 Å². The van der Waals surface area contributed by atoms with Crippen molar-refractivity contribution in [1.82, 2.24) is 14.7 Å². The first-order chi connectivity index (χ1) is 20.7. The van der Waals surface area contributed by atoms with Crippen molar-refractivity contribution >= 4 is 11.9 Å². The van der Waals surface area contributed by atoms with E-state index >= 15 is 0 Å². The summed E-state index contributed by atoms with van der Waals surface area (Å²) in [6.45, 7) is 4.62. The number of amides is 1. The molecule has 0 unspecified atom stereocenters. The Labute approximate surface area is 253 Å². The second kappa shape index (κ2) is 14.7. The Hall–Kier alpha value is -3.57. The van der Waals surface area contributed by atoms with Gasteiger partial charge in [0.2, 0.25) is 18.4 Å². The highest BCUT2D eigenvalue weighted by molar-refractivity contribution is 5.79. The molecule has 2 aromatic carbocycles.